The minimum atomic E-state index is -1.30. The molecule has 280 valence electrons. The Morgan fingerprint density at radius 1 is 1.06 bits per heavy atom. The number of likely N-dealkylation sites (tertiary alicyclic amines) is 1. The number of esters is 1. The summed E-state index contributed by atoms with van der Waals surface area (Å²) < 4.78 is 13.1. The molecule has 10 nitrogen and oxygen atoms in total. The largest absolute Gasteiger partial charge is 0.455 e. The zero-order chi connectivity index (χ0) is 37.9. The number of likely N-dealkylation sites (N-methyl/N-ethyl adjacent to an activating group) is 1. The van der Waals surface area contributed by atoms with Crippen LogP contribution in [0.4, 0.5) is 5.69 Å². The third kappa shape index (κ3) is 7.07. The molecule has 3 saturated heterocycles. The zero-order valence-electron chi connectivity index (χ0n) is 31.5. The number of allylic oxidation sites excluding steroid dienone is 1. The summed E-state index contributed by atoms with van der Waals surface area (Å²) >= 11 is 0. The van der Waals surface area contributed by atoms with E-state index in [0.717, 1.165) is 16.8 Å². The van der Waals surface area contributed by atoms with E-state index in [2.05, 4.69) is 13.2 Å². The lowest BCUT2D eigenvalue weighted by atomic mass is 9.70. The minimum absolute atomic E-state index is 0.109. The first-order chi connectivity index (χ1) is 24.8. The topological polar surface area (TPSA) is 117 Å². The number of aryl methyl sites for hydroxylation is 2. The van der Waals surface area contributed by atoms with Crippen LogP contribution in [0.1, 0.15) is 75.7 Å². The predicted octanol–water partition coefficient (Wildman–Crippen LogP) is 5.70. The van der Waals surface area contributed by atoms with Crippen LogP contribution in [-0.2, 0) is 28.7 Å². The number of aliphatic hydroxyl groups excluding tert-OH is 1. The molecule has 5 rings (SSSR count). The standard InChI is InChI=1S/C42H55N3O7/c1-9-11-20-33(47)43(8)29(7)37(30-18-13-12-14-19-30)51-41(50)34-32-21-22-42(52-32)35(34)39(48)45(31(25-46)24-26(3)4)38(42)40(49)44(23-10-2)36-27(5)16-15-17-28(36)6/h9-10,12-19,26,29,31-32,34-35,37-38,46H,1-2,11,20-25H2,3-8H3/t29-,31+,32+,34-,35-,37+,38+,42-/m0/s1. The lowest BCUT2D eigenvalue weighted by Crippen LogP contribution is -2.59. The lowest BCUT2D eigenvalue weighted by Gasteiger charge is -2.40. The molecule has 52 heavy (non-hydrogen) atoms. The maximum atomic E-state index is 15.1. The van der Waals surface area contributed by atoms with E-state index >= 15 is 4.79 Å². The van der Waals surface area contributed by atoms with Gasteiger partial charge in [-0.3, -0.25) is 19.2 Å². The lowest BCUT2D eigenvalue weighted by molar-refractivity contribution is -0.165. The van der Waals surface area contributed by atoms with Crippen LogP contribution in [0.5, 0.6) is 0 Å². The van der Waals surface area contributed by atoms with Gasteiger partial charge in [-0.1, -0.05) is 74.5 Å². The molecule has 3 heterocycles. The highest BCUT2D eigenvalue weighted by Crippen LogP contribution is 2.59. The van der Waals surface area contributed by atoms with Gasteiger partial charge in [0.05, 0.1) is 36.6 Å². The van der Waals surface area contributed by atoms with Gasteiger partial charge < -0.3 is 29.3 Å². The van der Waals surface area contributed by atoms with Gasteiger partial charge in [-0.05, 0) is 69.1 Å². The molecule has 0 aromatic heterocycles. The van der Waals surface area contributed by atoms with Crippen LogP contribution in [0.15, 0.2) is 73.8 Å². The molecule has 3 fully saturated rings. The van der Waals surface area contributed by atoms with Crippen molar-refractivity contribution in [3.05, 3.63) is 90.5 Å². The molecule has 10 heteroatoms. The van der Waals surface area contributed by atoms with Crippen molar-refractivity contribution in [2.45, 2.75) is 103 Å². The molecule has 2 bridgehead atoms. The summed E-state index contributed by atoms with van der Waals surface area (Å²) in [6.07, 6.45) is 4.01. The molecule has 0 unspecified atom stereocenters. The van der Waals surface area contributed by atoms with Crippen molar-refractivity contribution in [3.8, 4) is 0 Å². The molecule has 3 aliphatic heterocycles. The van der Waals surface area contributed by atoms with Crippen LogP contribution in [0.25, 0.3) is 0 Å². The molecule has 3 amide bonds. The van der Waals surface area contributed by atoms with E-state index < -0.39 is 53.7 Å². The number of benzene rings is 2. The smallest absolute Gasteiger partial charge is 0.313 e. The molecule has 2 aromatic carbocycles. The van der Waals surface area contributed by atoms with Gasteiger partial charge in [0.25, 0.3) is 5.91 Å². The summed E-state index contributed by atoms with van der Waals surface area (Å²) in [6, 6.07) is 12.8. The van der Waals surface area contributed by atoms with E-state index in [0.29, 0.717) is 31.2 Å². The van der Waals surface area contributed by atoms with Gasteiger partial charge in [0.2, 0.25) is 11.8 Å². The van der Waals surface area contributed by atoms with E-state index in [1.54, 1.807) is 29.0 Å². The minimum Gasteiger partial charge on any atom is -0.455 e. The van der Waals surface area contributed by atoms with E-state index in [1.165, 1.54) is 4.90 Å². The summed E-state index contributed by atoms with van der Waals surface area (Å²) in [6.45, 7) is 17.2. The van der Waals surface area contributed by atoms with Crippen LogP contribution in [0.2, 0.25) is 0 Å². The van der Waals surface area contributed by atoms with E-state index in [1.807, 2.05) is 83.1 Å². The van der Waals surface area contributed by atoms with E-state index in [-0.39, 0.29) is 43.2 Å². The maximum Gasteiger partial charge on any atom is 0.313 e. The average Bonchev–Trinajstić information content (AvgIpc) is 3.78. The average molecular weight is 714 g/mol. The van der Waals surface area contributed by atoms with Gasteiger partial charge in [-0.2, -0.15) is 0 Å². The molecule has 8 atom stereocenters. The molecule has 1 spiro atoms. The van der Waals surface area contributed by atoms with Crippen molar-refractivity contribution in [1.82, 2.24) is 9.80 Å². The number of hydrogen-bond acceptors (Lipinski definition) is 7. The number of ether oxygens (including phenoxy) is 2. The Labute approximate surface area is 308 Å². The predicted molar refractivity (Wildman–Crippen MR) is 200 cm³/mol. The van der Waals surface area contributed by atoms with Crippen molar-refractivity contribution in [1.29, 1.82) is 0 Å². The fraction of sp³-hybridized carbons (Fsp3) is 0.524. The van der Waals surface area contributed by atoms with Crippen molar-refractivity contribution >= 4 is 29.4 Å². The molecule has 3 aliphatic rings. The molecule has 0 saturated carbocycles. The van der Waals surface area contributed by atoms with Gasteiger partial charge in [0.15, 0.2) is 0 Å². The Balaban J connectivity index is 1.55. The van der Waals surface area contributed by atoms with Crippen LogP contribution in [0, 0.1) is 31.6 Å². The Kier molecular flexibility index (Phi) is 12.1. The molecular weight excluding hydrogens is 658 g/mol. The SMILES string of the molecule is C=CCCC(=O)N(C)[C@@H](C)[C@@H](OC(=O)[C@@H]1[C@H]2C(=O)N([C@@H](CO)CC(C)C)[C@H](C(=O)N(CC=C)c3c(C)cccc3C)[C@]23CC[C@H]1O3)c1ccccc1. The Morgan fingerprint density at radius 3 is 2.33 bits per heavy atom. The van der Waals surface area contributed by atoms with Gasteiger partial charge >= 0.3 is 5.97 Å². The van der Waals surface area contributed by atoms with Crippen LogP contribution in [-0.4, -0.2) is 88.6 Å². The normalized spacial score (nSPS) is 25.0. The number of anilines is 1. The monoisotopic (exact) mass is 713 g/mol. The number of carbonyl (C=O) groups is 4. The first-order valence-corrected chi connectivity index (χ1v) is 18.5. The third-order valence-electron chi connectivity index (χ3n) is 11.3. The summed E-state index contributed by atoms with van der Waals surface area (Å²) in [5, 5.41) is 10.8. The number of fused-ring (bicyclic) bond motifs is 1. The Bertz CT molecular complexity index is 1640. The van der Waals surface area contributed by atoms with E-state index in [4.69, 9.17) is 9.47 Å². The Morgan fingerprint density at radius 2 is 1.73 bits per heavy atom. The zero-order valence-corrected chi connectivity index (χ0v) is 31.5. The van der Waals surface area contributed by atoms with Gasteiger partial charge in [-0.25, -0.2) is 0 Å². The van der Waals surface area contributed by atoms with Crippen molar-refractivity contribution in [3.63, 3.8) is 0 Å². The molecule has 0 radical (unpaired) electrons. The quantitative estimate of drug-likeness (QED) is 0.175. The number of aliphatic hydroxyl groups is 1. The number of rotatable bonds is 16. The van der Waals surface area contributed by atoms with Gasteiger partial charge in [-0.15, -0.1) is 13.2 Å². The summed E-state index contributed by atoms with van der Waals surface area (Å²) in [5.41, 5.74) is 1.94. The van der Waals surface area contributed by atoms with Gasteiger partial charge in [0.1, 0.15) is 17.7 Å². The first kappa shape index (κ1) is 38.9. The highest BCUT2D eigenvalue weighted by Gasteiger charge is 2.76. The van der Waals surface area contributed by atoms with Gasteiger partial charge in [0, 0.05) is 25.7 Å². The first-order valence-electron chi connectivity index (χ1n) is 18.5. The highest BCUT2D eigenvalue weighted by atomic mass is 16.6. The van der Waals surface area contributed by atoms with Crippen LogP contribution >= 0.6 is 0 Å². The number of carbonyl (C=O) groups excluding carboxylic acids is 4. The fourth-order valence-corrected chi connectivity index (χ4v) is 8.77. The Hall–Kier alpha value is -4.28. The second-order valence-electron chi connectivity index (χ2n) is 15.1. The molecule has 0 aliphatic carbocycles. The van der Waals surface area contributed by atoms with E-state index in [9.17, 15) is 19.5 Å². The van der Waals surface area contributed by atoms with Crippen molar-refractivity contribution in [2.24, 2.45) is 17.8 Å². The molecule has 2 aromatic rings. The van der Waals surface area contributed by atoms with Crippen molar-refractivity contribution < 1.29 is 33.8 Å². The van der Waals surface area contributed by atoms with Crippen LogP contribution < -0.4 is 4.90 Å². The molecular formula is C42H55N3O7. The number of hydrogen-bond donors (Lipinski definition) is 1. The van der Waals surface area contributed by atoms with Crippen LogP contribution in [0.3, 0.4) is 0 Å². The maximum absolute atomic E-state index is 15.1. The number of nitrogens with zero attached hydrogens (tertiary/aromatic N) is 3. The highest BCUT2D eigenvalue weighted by molar-refractivity contribution is 6.05. The number of para-hydroxylation sites is 1. The summed E-state index contributed by atoms with van der Waals surface area (Å²) in [7, 11) is 1.69. The summed E-state index contributed by atoms with van der Waals surface area (Å²) in [5.74, 6) is -3.29. The number of amides is 3. The third-order valence-corrected chi connectivity index (χ3v) is 11.3. The van der Waals surface area contributed by atoms with Crippen molar-refractivity contribution in [2.75, 3.05) is 25.1 Å². The fourth-order valence-electron chi connectivity index (χ4n) is 8.77. The molecule has 1 N–H and O–H groups in total. The summed E-state index contributed by atoms with van der Waals surface area (Å²) in [4.78, 5) is 62.5. The second-order valence-corrected chi connectivity index (χ2v) is 15.1. The second kappa shape index (κ2) is 16.2.